The first-order chi connectivity index (χ1) is 10.7. The summed E-state index contributed by atoms with van der Waals surface area (Å²) in [7, 11) is 0. The summed E-state index contributed by atoms with van der Waals surface area (Å²) >= 11 is 1.21. The molecule has 0 unspecified atom stereocenters. The lowest BCUT2D eigenvalue weighted by Gasteiger charge is -2.31. The average Bonchev–Trinajstić information content (AvgIpc) is 2.54. The van der Waals surface area contributed by atoms with Gasteiger partial charge in [-0.05, 0) is 39.4 Å². The Morgan fingerprint density at radius 3 is 2.91 bits per heavy atom. The maximum atomic E-state index is 14.0. The molecule has 0 aliphatic carbocycles. The van der Waals surface area contributed by atoms with Gasteiger partial charge in [-0.3, -0.25) is 4.79 Å². The molecule has 1 radical (unpaired) electrons. The molecule has 2 aliphatic heterocycles. The number of amides is 1. The number of rotatable bonds is 4. The highest BCUT2D eigenvalue weighted by Gasteiger charge is 2.22. The number of carbonyl (C=O) groups excluding carboxylic acids is 1. The van der Waals surface area contributed by atoms with E-state index >= 15 is 0 Å². The first-order valence-electron chi connectivity index (χ1n) is 7.39. The third-order valence-electron chi connectivity index (χ3n) is 3.95. The normalized spacial score (nSPS) is 19.8. The SMILES string of the molecule is [CH2]CN1CCC(NCc2nc3c(nc2F)SCC(=O)N3)CC1. The highest BCUT2D eigenvalue weighted by molar-refractivity contribution is 8.00. The van der Waals surface area contributed by atoms with Crippen molar-refractivity contribution >= 4 is 23.5 Å². The molecule has 0 saturated carbocycles. The predicted molar refractivity (Wildman–Crippen MR) is 83.0 cm³/mol. The van der Waals surface area contributed by atoms with E-state index in [2.05, 4.69) is 32.4 Å². The zero-order valence-electron chi connectivity index (χ0n) is 12.3. The van der Waals surface area contributed by atoms with Gasteiger partial charge in [-0.25, -0.2) is 9.97 Å². The molecule has 1 saturated heterocycles. The number of nitrogens with one attached hydrogen (secondary N) is 2. The van der Waals surface area contributed by atoms with Crippen LogP contribution in [0, 0.1) is 12.9 Å². The van der Waals surface area contributed by atoms with Gasteiger partial charge >= 0.3 is 0 Å². The summed E-state index contributed by atoms with van der Waals surface area (Å²) < 4.78 is 14.0. The Kier molecular flexibility index (Phi) is 4.90. The Morgan fingerprint density at radius 1 is 1.41 bits per heavy atom. The van der Waals surface area contributed by atoms with E-state index in [0.717, 1.165) is 32.5 Å². The lowest BCUT2D eigenvalue weighted by molar-refractivity contribution is -0.113. The fourth-order valence-electron chi connectivity index (χ4n) is 2.63. The standard InChI is InChI=1S/C14H19FN5OS/c1-2-20-5-3-9(4-6-20)16-7-10-12(15)19-14-13(17-10)18-11(21)8-22-14/h9,16H,1-8H2,(H,17,18,21). The van der Waals surface area contributed by atoms with Crippen LogP contribution in [0.5, 0.6) is 0 Å². The molecule has 0 spiro atoms. The van der Waals surface area contributed by atoms with Crippen LogP contribution in [0.4, 0.5) is 10.2 Å². The van der Waals surface area contributed by atoms with Crippen LogP contribution in [0.3, 0.4) is 0 Å². The molecule has 3 rings (SSSR count). The quantitative estimate of drug-likeness (QED) is 0.863. The Hall–Kier alpha value is -1.25. The van der Waals surface area contributed by atoms with Gasteiger partial charge in [0.1, 0.15) is 10.7 Å². The third-order valence-corrected chi connectivity index (χ3v) is 4.91. The van der Waals surface area contributed by atoms with Crippen LogP contribution in [0.1, 0.15) is 18.5 Å². The summed E-state index contributed by atoms with van der Waals surface area (Å²) in [6.07, 6.45) is 2.03. The number of likely N-dealkylation sites (tertiary alicyclic amines) is 1. The van der Waals surface area contributed by atoms with E-state index in [1.807, 2.05) is 0 Å². The molecule has 1 aromatic heterocycles. The molecule has 0 bridgehead atoms. The molecular weight excluding hydrogens is 305 g/mol. The number of carbonyl (C=O) groups is 1. The molecule has 0 aromatic carbocycles. The summed E-state index contributed by atoms with van der Waals surface area (Å²) in [6, 6.07) is 0.351. The molecule has 1 amide bonds. The highest BCUT2D eigenvalue weighted by atomic mass is 32.2. The molecule has 2 N–H and O–H groups in total. The van der Waals surface area contributed by atoms with Gasteiger partial charge in [-0.15, -0.1) is 0 Å². The Morgan fingerprint density at radius 2 is 2.18 bits per heavy atom. The van der Waals surface area contributed by atoms with Crippen LogP contribution in [-0.2, 0) is 11.3 Å². The van der Waals surface area contributed by atoms with Crippen LogP contribution < -0.4 is 10.6 Å². The second kappa shape index (κ2) is 6.89. The number of piperidine rings is 1. The van der Waals surface area contributed by atoms with Crippen molar-refractivity contribution in [2.24, 2.45) is 0 Å². The van der Waals surface area contributed by atoms with Crippen molar-refractivity contribution in [3.63, 3.8) is 0 Å². The largest absolute Gasteiger partial charge is 0.308 e. The molecular formula is C14H19FN5OS. The molecule has 2 aliphatic rings. The van der Waals surface area contributed by atoms with Crippen LogP contribution >= 0.6 is 11.8 Å². The minimum absolute atomic E-state index is 0.127. The fraction of sp³-hybridized carbons (Fsp3) is 0.571. The van der Waals surface area contributed by atoms with Gasteiger partial charge in [0, 0.05) is 12.6 Å². The van der Waals surface area contributed by atoms with Gasteiger partial charge in [0.25, 0.3) is 0 Å². The van der Waals surface area contributed by atoms with E-state index in [1.54, 1.807) is 0 Å². The van der Waals surface area contributed by atoms with Crippen LogP contribution in [-0.4, -0.2) is 52.2 Å². The number of aromatic nitrogens is 2. The number of fused-ring (bicyclic) bond motifs is 1. The Bertz CT molecular complexity index is 562. The molecule has 1 aromatic rings. The second-order valence-corrected chi connectivity index (χ2v) is 6.41. The van der Waals surface area contributed by atoms with Crippen molar-refractivity contribution in [2.75, 3.05) is 30.7 Å². The maximum Gasteiger partial charge on any atom is 0.237 e. The third kappa shape index (κ3) is 3.56. The molecule has 3 heterocycles. The van der Waals surface area contributed by atoms with Crippen molar-refractivity contribution in [3.8, 4) is 0 Å². The van der Waals surface area contributed by atoms with Crippen LogP contribution in [0.15, 0.2) is 5.03 Å². The van der Waals surface area contributed by atoms with Gasteiger partial charge in [0.05, 0.1) is 5.75 Å². The number of thioether (sulfide) groups is 1. The van der Waals surface area contributed by atoms with Gasteiger partial charge in [0.2, 0.25) is 11.9 Å². The number of nitrogens with zero attached hydrogens (tertiary/aromatic N) is 3. The Balaban J connectivity index is 1.61. The number of hydrogen-bond donors (Lipinski definition) is 2. The van der Waals surface area contributed by atoms with Crippen molar-refractivity contribution in [2.45, 2.75) is 30.5 Å². The van der Waals surface area contributed by atoms with E-state index in [1.165, 1.54) is 11.8 Å². The van der Waals surface area contributed by atoms with E-state index < -0.39 is 5.95 Å². The number of anilines is 1. The summed E-state index contributed by atoms with van der Waals surface area (Å²) in [5.41, 5.74) is 0.251. The van der Waals surface area contributed by atoms with Gasteiger partial charge in [0.15, 0.2) is 5.82 Å². The van der Waals surface area contributed by atoms with Crippen molar-refractivity contribution < 1.29 is 9.18 Å². The molecule has 119 valence electrons. The van der Waals surface area contributed by atoms with Gasteiger partial charge in [-0.1, -0.05) is 11.8 Å². The lowest BCUT2D eigenvalue weighted by atomic mass is 10.1. The molecule has 22 heavy (non-hydrogen) atoms. The zero-order chi connectivity index (χ0) is 15.5. The minimum atomic E-state index is -0.565. The smallest absolute Gasteiger partial charge is 0.237 e. The van der Waals surface area contributed by atoms with Gasteiger partial charge in [-0.2, -0.15) is 4.39 Å². The zero-order valence-corrected chi connectivity index (χ0v) is 13.1. The van der Waals surface area contributed by atoms with E-state index in [4.69, 9.17) is 0 Å². The van der Waals surface area contributed by atoms with E-state index in [-0.39, 0.29) is 17.4 Å². The van der Waals surface area contributed by atoms with Crippen molar-refractivity contribution in [1.29, 1.82) is 0 Å². The van der Waals surface area contributed by atoms with Crippen molar-refractivity contribution in [1.82, 2.24) is 20.2 Å². The first kappa shape index (κ1) is 15.6. The molecule has 6 nitrogen and oxygen atoms in total. The minimum Gasteiger partial charge on any atom is -0.308 e. The first-order valence-corrected chi connectivity index (χ1v) is 8.38. The summed E-state index contributed by atoms with van der Waals surface area (Å²) in [6.45, 7) is 7.05. The highest BCUT2D eigenvalue weighted by Crippen LogP contribution is 2.28. The molecule has 8 heteroatoms. The van der Waals surface area contributed by atoms with Crippen LogP contribution in [0.25, 0.3) is 0 Å². The summed E-state index contributed by atoms with van der Waals surface area (Å²) in [5.74, 6) is -0.0712. The maximum absolute atomic E-state index is 14.0. The monoisotopic (exact) mass is 324 g/mol. The fourth-order valence-corrected chi connectivity index (χ4v) is 3.35. The number of halogens is 1. The number of hydrogen-bond acceptors (Lipinski definition) is 6. The lowest BCUT2D eigenvalue weighted by Crippen LogP contribution is -2.42. The van der Waals surface area contributed by atoms with Crippen molar-refractivity contribution in [3.05, 3.63) is 18.6 Å². The summed E-state index contributed by atoms with van der Waals surface area (Å²) in [5, 5.41) is 6.42. The molecule has 1 fully saturated rings. The second-order valence-electron chi connectivity index (χ2n) is 5.45. The average molecular weight is 324 g/mol. The van der Waals surface area contributed by atoms with Crippen LogP contribution in [0.2, 0.25) is 0 Å². The summed E-state index contributed by atoms with van der Waals surface area (Å²) in [4.78, 5) is 21.8. The predicted octanol–water partition coefficient (Wildman–Crippen LogP) is 1.05. The van der Waals surface area contributed by atoms with E-state index in [0.29, 0.717) is 23.4 Å². The molecule has 0 atom stereocenters. The van der Waals surface area contributed by atoms with Gasteiger partial charge < -0.3 is 15.5 Å². The topological polar surface area (TPSA) is 70.1 Å². The van der Waals surface area contributed by atoms with E-state index in [9.17, 15) is 9.18 Å². The Labute approximate surface area is 133 Å².